The molecule has 0 bridgehead atoms. The monoisotopic (exact) mass is 389 g/mol. The number of benzene rings is 3. The topological polar surface area (TPSA) is 59.3 Å². The highest BCUT2D eigenvalue weighted by Gasteiger charge is 2.12. The van der Waals surface area contributed by atoms with Crippen LogP contribution in [-0.4, -0.2) is 5.91 Å². The Morgan fingerprint density at radius 3 is 2.61 bits per heavy atom. The molecule has 4 aromatic rings. The summed E-state index contributed by atoms with van der Waals surface area (Å²) in [5, 5.41) is 4.23. The second kappa shape index (κ2) is 7.33. The Hall–Kier alpha value is -3.37. The minimum absolute atomic E-state index is 0.285. The Morgan fingerprint density at radius 2 is 1.79 bits per heavy atom. The van der Waals surface area contributed by atoms with E-state index in [2.05, 4.69) is 5.32 Å². The van der Waals surface area contributed by atoms with Crippen molar-refractivity contribution >= 4 is 34.2 Å². The Kier molecular flexibility index (Phi) is 4.72. The summed E-state index contributed by atoms with van der Waals surface area (Å²) in [7, 11) is 0. The molecule has 3 aromatic carbocycles. The minimum atomic E-state index is -0.443. The van der Waals surface area contributed by atoms with Gasteiger partial charge in [-0.15, -0.1) is 0 Å². The number of carbonyl (C=O) groups excluding carboxylic acids is 1. The maximum absolute atomic E-state index is 12.6. The minimum Gasteiger partial charge on any atom is -0.422 e. The lowest BCUT2D eigenvalue weighted by atomic mass is 10.0. The number of hydrogen-bond donors (Lipinski definition) is 1. The SMILES string of the molecule is Cc1ccc(NC(=O)c2cccc(-c3cc4ccccc4oc3=O)c2)cc1Cl. The first-order chi connectivity index (χ1) is 13.5. The molecule has 0 unspecified atom stereocenters. The zero-order valence-corrected chi connectivity index (χ0v) is 15.8. The van der Waals surface area contributed by atoms with E-state index in [9.17, 15) is 9.59 Å². The summed E-state index contributed by atoms with van der Waals surface area (Å²) in [6.07, 6.45) is 0. The molecule has 0 saturated heterocycles. The van der Waals surface area contributed by atoms with Gasteiger partial charge in [-0.25, -0.2) is 4.79 Å². The zero-order chi connectivity index (χ0) is 19.7. The van der Waals surface area contributed by atoms with Gasteiger partial charge in [0.1, 0.15) is 5.58 Å². The summed E-state index contributed by atoms with van der Waals surface area (Å²) >= 11 is 6.12. The van der Waals surface area contributed by atoms with E-state index in [-0.39, 0.29) is 5.91 Å². The van der Waals surface area contributed by atoms with Crippen LogP contribution in [0.4, 0.5) is 5.69 Å². The quantitative estimate of drug-likeness (QED) is 0.459. The van der Waals surface area contributed by atoms with Crippen molar-refractivity contribution in [3.63, 3.8) is 0 Å². The molecule has 0 atom stereocenters. The highest BCUT2D eigenvalue weighted by atomic mass is 35.5. The molecule has 0 aliphatic rings. The van der Waals surface area contributed by atoms with E-state index in [1.165, 1.54) is 0 Å². The molecule has 1 aromatic heterocycles. The van der Waals surface area contributed by atoms with Crippen LogP contribution in [0, 0.1) is 6.92 Å². The molecule has 4 rings (SSSR count). The summed E-state index contributed by atoms with van der Waals surface area (Å²) in [6.45, 7) is 1.90. The summed E-state index contributed by atoms with van der Waals surface area (Å²) < 4.78 is 5.40. The predicted octanol–water partition coefficient (Wildman–Crippen LogP) is 5.67. The lowest BCUT2D eigenvalue weighted by Gasteiger charge is -2.08. The van der Waals surface area contributed by atoms with E-state index < -0.39 is 5.63 Å². The Morgan fingerprint density at radius 1 is 0.964 bits per heavy atom. The molecule has 1 N–H and O–H groups in total. The van der Waals surface area contributed by atoms with Crippen LogP contribution in [0.2, 0.25) is 5.02 Å². The summed E-state index contributed by atoms with van der Waals surface area (Å²) in [6, 6.07) is 21.3. The first-order valence-corrected chi connectivity index (χ1v) is 9.10. The van der Waals surface area contributed by atoms with Crippen LogP contribution in [0.25, 0.3) is 22.1 Å². The number of hydrogen-bond acceptors (Lipinski definition) is 3. The molecule has 0 aliphatic carbocycles. The smallest absolute Gasteiger partial charge is 0.344 e. The highest BCUT2D eigenvalue weighted by molar-refractivity contribution is 6.31. The zero-order valence-electron chi connectivity index (χ0n) is 15.0. The number of aryl methyl sites for hydroxylation is 1. The Bertz CT molecular complexity index is 1260. The van der Waals surface area contributed by atoms with Gasteiger partial charge < -0.3 is 9.73 Å². The fourth-order valence-electron chi connectivity index (χ4n) is 2.97. The maximum atomic E-state index is 12.6. The van der Waals surface area contributed by atoms with Gasteiger partial charge in [0, 0.05) is 21.7 Å². The van der Waals surface area contributed by atoms with Crippen LogP contribution in [0.15, 0.2) is 82.0 Å². The van der Waals surface area contributed by atoms with E-state index in [1.54, 1.807) is 48.5 Å². The van der Waals surface area contributed by atoms with E-state index in [4.69, 9.17) is 16.0 Å². The van der Waals surface area contributed by atoms with Crippen molar-refractivity contribution in [3.8, 4) is 11.1 Å². The number of nitrogens with one attached hydrogen (secondary N) is 1. The molecular weight excluding hydrogens is 374 g/mol. The molecule has 0 fully saturated rings. The van der Waals surface area contributed by atoms with Gasteiger partial charge in [-0.3, -0.25) is 4.79 Å². The Labute approximate surface area is 166 Å². The van der Waals surface area contributed by atoms with Gasteiger partial charge in [0.05, 0.1) is 5.56 Å². The van der Waals surface area contributed by atoms with Crippen molar-refractivity contribution in [1.82, 2.24) is 0 Å². The highest BCUT2D eigenvalue weighted by Crippen LogP contribution is 2.23. The summed E-state index contributed by atoms with van der Waals surface area (Å²) in [5.74, 6) is -0.285. The fourth-order valence-corrected chi connectivity index (χ4v) is 3.15. The number of para-hydroxylation sites is 1. The molecule has 0 spiro atoms. The van der Waals surface area contributed by atoms with Gasteiger partial charge >= 0.3 is 5.63 Å². The number of anilines is 1. The lowest BCUT2D eigenvalue weighted by molar-refractivity contribution is 0.102. The van der Waals surface area contributed by atoms with Crippen molar-refractivity contribution in [2.75, 3.05) is 5.32 Å². The predicted molar refractivity (Wildman–Crippen MR) is 112 cm³/mol. The molecule has 1 heterocycles. The van der Waals surface area contributed by atoms with Gasteiger partial charge in [-0.05, 0) is 54.4 Å². The number of carbonyl (C=O) groups is 1. The summed E-state index contributed by atoms with van der Waals surface area (Å²) in [5.41, 5.74) is 3.09. The lowest BCUT2D eigenvalue weighted by Crippen LogP contribution is -2.12. The second-order valence-electron chi connectivity index (χ2n) is 6.48. The number of fused-ring (bicyclic) bond motifs is 1. The first kappa shape index (κ1) is 18.0. The molecule has 0 saturated carbocycles. The third-order valence-electron chi connectivity index (χ3n) is 4.51. The van der Waals surface area contributed by atoms with E-state index in [0.29, 0.717) is 33.0 Å². The van der Waals surface area contributed by atoms with Crippen LogP contribution in [-0.2, 0) is 0 Å². The summed E-state index contributed by atoms with van der Waals surface area (Å²) in [4.78, 5) is 25.0. The van der Waals surface area contributed by atoms with Gasteiger partial charge in [0.15, 0.2) is 0 Å². The van der Waals surface area contributed by atoms with Crippen molar-refractivity contribution in [2.24, 2.45) is 0 Å². The largest absolute Gasteiger partial charge is 0.422 e. The van der Waals surface area contributed by atoms with E-state index in [1.807, 2.05) is 31.2 Å². The molecule has 138 valence electrons. The van der Waals surface area contributed by atoms with Crippen LogP contribution >= 0.6 is 11.6 Å². The molecule has 0 radical (unpaired) electrons. The standard InChI is InChI=1S/C23H16ClNO3/c1-14-9-10-18(13-20(14)24)25-22(26)17-7-4-6-15(11-17)19-12-16-5-2-3-8-21(16)28-23(19)27/h2-13H,1H3,(H,25,26). The van der Waals surface area contributed by atoms with Gasteiger partial charge in [0.2, 0.25) is 0 Å². The van der Waals surface area contributed by atoms with Gasteiger partial charge in [0.25, 0.3) is 5.91 Å². The first-order valence-electron chi connectivity index (χ1n) is 8.72. The van der Waals surface area contributed by atoms with Crippen LogP contribution in [0.1, 0.15) is 15.9 Å². The number of amides is 1. The van der Waals surface area contributed by atoms with Crippen LogP contribution in [0.5, 0.6) is 0 Å². The maximum Gasteiger partial charge on any atom is 0.344 e. The molecule has 0 aliphatic heterocycles. The van der Waals surface area contributed by atoms with Crippen molar-refractivity contribution in [3.05, 3.63) is 99.4 Å². The number of rotatable bonds is 3. The number of halogens is 1. The fraction of sp³-hybridized carbons (Fsp3) is 0.0435. The van der Waals surface area contributed by atoms with Crippen molar-refractivity contribution in [1.29, 1.82) is 0 Å². The van der Waals surface area contributed by atoms with E-state index in [0.717, 1.165) is 10.9 Å². The second-order valence-corrected chi connectivity index (χ2v) is 6.89. The normalized spacial score (nSPS) is 10.8. The third kappa shape index (κ3) is 3.55. The Balaban J connectivity index is 1.68. The molecule has 1 amide bonds. The van der Waals surface area contributed by atoms with Crippen molar-refractivity contribution in [2.45, 2.75) is 6.92 Å². The van der Waals surface area contributed by atoms with Gasteiger partial charge in [-0.2, -0.15) is 0 Å². The average Bonchev–Trinajstić information content (AvgIpc) is 2.70. The molecular formula is C23H16ClNO3. The van der Waals surface area contributed by atoms with Gasteiger partial charge in [-0.1, -0.05) is 48.0 Å². The third-order valence-corrected chi connectivity index (χ3v) is 4.91. The van der Waals surface area contributed by atoms with Crippen molar-refractivity contribution < 1.29 is 9.21 Å². The van der Waals surface area contributed by atoms with Crippen LogP contribution < -0.4 is 10.9 Å². The van der Waals surface area contributed by atoms with Crippen LogP contribution in [0.3, 0.4) is 0 Å². The van der Waals surface area contributed by atoms with E-state index >= 15 is 0 Å². The molecule has 5 heteroatoms. The molecule has 28 heavy (non-hydrogen) atoms. The molecule has 4 nitrogen and oxygen atoms in total. The average molecular weight is 390 g/mol.